The lowest BCUT2D eigenvalue weighted by atomic mass is 9.92. The molecule has 2 aromatic carbocycles. The van der Waals surface area contributed by atoms with E-state index in [9.17, 15) is 13.2 Å². The van der Waals surface area contributed by atoms with Gasteiger partial charge in [-0.1, -0.05) is 48.0 Å². The molecule has 4 nitrogen and oxygen atoms in total. The van der Waals surface area contributed by atoms with Gasteiger partial charge in [0.1, 0.15) is 5.78 Å². The molecule has 0 unspecified atom stereocenters. The van der Waals surface area contributed by atoms with Crippen LogP contribution in [-0.2, 0) is 14.8 Å². The Morgan fingerprint density at radius 3 is 2.29 bits per heavy atom. The maximum absolute atomic E-state index is 12.8. The van der Waals surface area contributed by atoms with Crippen LogP contribution in [0.15, 0.2) is 59.5 Å². The van der Waals surface area contributed by atoms with Crippen LogP contribution < -0.4 is 4.72 Å². The maximum Gasteiger partial charge on any atom is 0.241 e. The van der Waals surface area contributed by atoms with Gasteiger partial charge < -0.3 is 0 Å². The Bertz CT molecular complexity index is 813. The smallest absolute Gasteiger partial charge is 0.241 e. The second-order valence-corrected chi connectivity index (χ2v) is 8.00. The zero-order valence-electron chi connectivity index (χ0n) is 13.6. The number of benzene rings is 2. The Balaban J connectivity index is 1.94. The molecule has 0 aliphatic heterocycles. The van der Waals surface area contributed by atoms with E-state index in [2.05, 4.69) is 4.72 Å². The van der Waals surface area contributed by atoms with Crippen LogP contribution in [0.25, 0.3) is 0 Å². The number of hydrogen-bond donors (Lipinski definition) is 1. The van der Waals surface area contributed by atoms with Gasteiger partial charge in [-0.3, -0.25) is 4.79 Å². The first kappa shape index (κ1) is 16.9. The number of nitrogens with one attached hydrogen (secondary N) is 1. The fraction of sp³-hybridized carbons (Fsp3) is 0.316. The van der Waals surface area contributed by atoms with Crippen LogP contribution >= 0.6 is 0 Å². The normalized spacial score (nSPS) is 19.4. The van der Waals surface area contributed by atoms with Gasteiger partial charge in [-0.2, -0.15) is 0 Å². The number of carbonyl (C=O) groups excluding carboxylic acids is 1. The minimum absolute atomic E-state index is 0.135. The molecular weight excluding hydrogens is 322 g/mol. The van der Waals surface area contributed by atoms with Crippen molar-refractivity contribution in [2.45, 2.75) is 37.1 Å². The molecule has 1 N–H and O–H groups in total. The summed E-state index contributed by atoms with van der Waals surface area (Å²) in [6.45, 7) is 1.91. The number of hydrogen-bond acceptors (Lipinski definition) is 3. The minimum atomic E-state index is -3.69. The molecule has 0 saturated heterocycles. The van der Waals surface area contributed by atoms with E-state index in [0.717, 1.165) is 24.0 Å². The lowest BCUT2D eigenvalue weighted by molar-refractivity contribution is -0.121. The predicted octanol–water partition coefficient (Wildman–Crippen LogP) is 3.38. The number of aryl methyl sites for hydroxylation is 1. The fourth-order valence-corrected chi connectivity index (χ4v) is 4.46. The summed E-state index contributed by atoms with van der Waals surface area (Å²) < 4.78 is 28.3. The Hall–Kier alpha value is -1.98. The van der Waals surface area contributed by atoms with Crippen LogP contribution in [0.2, 0.25) is 0 Å². The molecule has 0 radical (unpaired) electrons. The van der Waals surface area contributed by atoms with Gasteiger partial charge in [0.25, 0.3) is 0 Å². The van der Waals surface area contributed by atoms with Crippen LogP contribution in [0.1, 0.15) is 36.4 Å². The molecule has 0 heterocycles. The van der Waals surface area contributed by atoms with Gasteiger partial charge in [-0.05, 0) is 37.5 Å². The molecule has 0 bridgehead atoms. The summed E-state index contributed by atoms with van der Waals surface area (Å²) in [5.74, 6) is -0.164. The zero-order chi connectivity index (χ0) is 17.2. The Kier molecular flexibility index (Phi) is 4.83. The van der Waals surface area contributed by atoms with E-state index in [1.165, 1.54) is 0 Å². The second-order valence-electron chi connectivity index (χ2n) is 6.29. The number of rotatable bonds is 5. The number of carbonyl (C=O) groups is 1. The Morgan fingerprint density at radius 2 is 1.71 bits per heavy atom. The molecule has 126 valence electrons. The predicted molar refractivity (Wildman–Crippen MR) is 93.0 cm³/mol. The van der Waals surface area contributed by atoms with Crippen LogP contribution in [0, 0.1) is 12.8 Å². The summed E-state index contributed by atoms with van der Waals surface area (Å²) >= 11 is 0. The van der Waals surface area contributed by atoms with Gasteiger partial charge in [-0.15, -0.1) is 0 Å². The summed E-state index contributed by atoms with van der Waals surface area (Å²) in [4.78, 5) is 12.4. The zero-order valence-corrected chi connectivity index (χ0v) is 14.4. The van der Waals surface area contributed by atoms with Gasteiger partial charge in [-0.25, -0.2) is 13.1 Å². The van der Waals surface area contributed by atoms with Gasteiger partial charge in [0.2, 0.25) is 10.0 Å². The number of Topliss-reactive ketones (excluding diaryl/α,β-unsaturated/α-hetero) is 1. The van der Waals surface area contributed by atoms with E-state index in [4.69, 9.17) is 0 Å². The van der Waals surface area contributed by atoms with Crippen LogP contribution in [0.5, 0.6) is 0 Å². The van der Waals surface area contributed by atoms with Crippen LogP contribution in [-0.4, -0.2) is 14.2 Å². The summed E-state index contributed by atoms with van der Waals surface area (Å²) in [6.07, 6.45) is 2.06. The molecule has 5 heteroatoms. The molecule has 0 spiro atoms. The van der Waals surface area contributed by atoms with Gasteiger partial charge in [0, 0.05) is 12.3 Å². The largest absolute Gasteiger partial charge is 0.299 e. The van der Waals surface area contributed by atoms with Gasteiger partial charge in [0.15, 0.2) is 0 Å². The Labute approximate surface area is 143 Å². The first-order valence-corrected chi connectivity index (χ1v) is 9.62. The van der Waals surface area contributed by atoms with Crippen molar-refractivity contribution in [2.24, 2.45) is 5.92 Å². The van der Waals surface area contributed by atoms with Crippen molar-refractivity contribution in [1.29, 1.82) is 0 Å². The quantitative estimate of drug-likeness (QED) is 0.905. The van der Waals surface area contributed by atoms with Crippen molar-refractivity contribution in [3.8, 4) is 0 Å². The number of ketones is 1. The molecule has 2 atom stereocenters. The SMILES string of the molecule is Cc1ccc(S(=O)(=O)N[C@@H](c2ccccc2)[C@@H]2CCCC2=O)cc1. The molecule has 0 aromatic heterocycles. The highest BCUT2D eigenvalue weighted by molar-refractivity contribution is 7.89. The molecule has 2 aromatic rings. The summed E-state index contributed by atoms with van der Waals surface area (Å²) in [5, 5.41) is 0. The highest BCUT2D eigenvalue weighted by Crippen LogP contribution is 2.34. The van der Waals surface area contributed by atoms with Crippen molar-refractivity contribution in [2.75, 3.05) is 0 Å². The lowest BCUT2D eigenvalue weighted by Gasteiger charge is -2.24. The van der Waals surface area contributed by atoms with E-state index >= 15 is 0 Å². The molecule has 0 amide bonds. The van der Waals surface area contributed by atoms with E-state index in [-0.39, 0.29) is 16.6 Å². The summed E-state index contributed by atoms with van der Waals surface area (Å²) in [6, 6.07) is 15.6. The molecule has 1 aliphatic rings. The summed E-state index contributed by atoms with van der Waals surface area (Å²) in [7, 11) is -3.69. The van der Waals surface area contributed by atoms with E-state index in [0.29, 0.717) is 6.42 Å². The van der Waals surface area contributed by atoms with Gasteiger partial charge >= 0.3 is 0 Å². The molecule has 3 rings (SSSR count). The standard InChI is InChI=1S/C19H21NO3S/c1-14-10-12-16(13-11-14)24(22,23)20-19(15-6-3-2-4-7-15)17-8-5-9-18(17)21/h2-4,6-7,10-13,17,19-20H,5,8-9H2,1H3/t17-,19+/m1/s1. The second kappa shape index (κ2) is 6.87. The third-order valence-electron chi connectivity index (χ3n) is 4.53. The van der Waals surface area contributed by atoms with E-state index < -0.39 is 16.1 Å². The minimum Gasteiger partial charge on any atom is -0.299 e. The van der Waals surface area contributed by atoms with Crippen LogP contribution in [0.4, 0.5) is 0 Å². The van der Waals surface area contributed by atoms with Crippen molar-refractivity contribution in [1.82, 2.24) is 4.72 Å². The highest BCUT2D eigenvalue weighted by Gasteiger charge is 2.35. The summed E-state index contributed by atoms with van der Waals surface area (Å²) in [5.41, 5.74) is 1.83. The average Bonchev–Trinajstić information content (AvgIpc) is 3.00. The first-order valence-electron chi connectivity index (χ1n) is 8.14. The maximum atomic E-state index is 12.8. The third kappa shape index (κ3) is 3.57. The Morgan fingerprint density at radius 1 is 1.04 bits per heavy atom. The van der Waals surface area contributed by atoms with E-state index in [1.807, 2.05) is 37.3 Å². The van der Waals surface area contributed by atoms with Crippen molar-refractivity contribution >= 4 is 15.8 Å². The lowest BCUT2D eigenvalue weighted by Crippen LogP contribution is -2.35. The van der Waals surface area contributed by atoms with Crippen molar-refractivity contribution < 1.29 is 13.2 Å². The third-order valence-corrected chi connectivity index (χ3v) is 5.98. The average molecular weight is 343 g/mol. The first-order chi connectivity index (χ1) is 11.5. The molecular formula is C19H21NO3S. The van der Waals surface area contributed by atoms with Crippen LogP contribution in [0.3, 0.4) is 0 Å². The highest BCUT2D eigenvalue weighted by atomic mass is 32.2. The molecule has 1 saturated carbocycles. The molecule has 1 fully saturated rings. The molecule has 24 heavy (non-hydrogen) atoms. The molecule has 1 aliphatic carbocycles. The fourth-order valence-electron chi connectivity index (χ4n) is 3.19. The topological polar surface area (TPSA) is 63.2 Å². The number of sulfonamides is 1. The monoisotopic (exact) mass is 343 g/mol. The van der Waals surface area contributed by atoms with Crippen molar-refractivity contribution in [3.63, 3.8) is 0 Å². The van der Waals surface area contributed by atoms with Gasteiger partial charge in [0.05, 0.1) is 10.9 Å². The van der Waals surface area contributed by atoms with E-state index in [1.54, 1.807) is 24.3 Å². The van der Waals surface area contributed by atoms with Crippen molar-refractivity contribution in [3.05, 3.63) is 65.7 Å².